The molecular formula is C15H23NO2. The zero-order valence-corrected chi connectivity index (χ0v) is 11.5. The highest BCUT2D eigenvalue weighted by molar-refractivity contribution is 5.78. The summed E-state index contributed by atoms with van der Waals surface area (Å²) in [4.78, 5) is 13.7. The molecule has 3 heteroatoms. The van der Waals surface area contributed by atoms with Crippen LogP contribution in [0, 0.1) is 0 Å². The van der Waals surface area contributed by atoms with E-state index in [9.17, 15) is 9.90 Å². The quantitative estimate of drug-likeness (QED) is 0.838. The Morgan fingerprint density at radius 1 is 1.39 bits per heavy atom. The molecule has 1 aromatic rings. The van der Waals surface area contributed by atoms with E-state index in [1.165, 1.54) is 5.56 Å². The van der Waals surface area contributed by atoms with Crippen LogP contribution in [-0.2, 0) is 17.6 Å². The number of aliphatic hydroxyl groups excluding tert-OH is 1. The maximum absolute atomic E-state index is 12.0. The number of carbonyl (C=O) groups is 1. The third-order valence-corrected chi connectivity index (χ3v) is 3.06. The van der Waals surface area contributed by atoms with Crippen LogP contribution < -0.4 is 0 Å². The maximum Gasteiger partial charge on any atom is 0.226 e. The van der Waals surface area contributed by atoms with E-state index in [4.69, 9.17) is 0 Å². The monoisotopic (exact) mass is 249 g/mol. The number of likely N-dealkylation sites (N-methyl/N-ethyl adjacent to an activating group) is 1. The number of rotatable bonds is 6. The first kappa shape index (κ1) is 14.7. The molecule has 0 radical (unpaired) electrons. The molecule has 1 aromatic carbocycles. The maximum atomic E-state index is 12.0. The average Bonchev–Trinajstić information content (AvgIpc) is 2.36. The largest absolute Gasteiger partial charge is 0.393 e. The summed E-state index contributed by atoms with van der Waals surface area (Å²) in [6.45, 7) is 4.45. The second-order valence-corrected chi connectivity index (χ2v) is 4.80. The van der Waals surface area contributed by atoms with Gasteiger partial charge in [0.05, 0.1) is 12.5 Å². The van der Waals surface area contributed by atoms with E-state index in [-0.39, 0.29) is 12.0 Å². The molecule has 3 nitrogen and oxygen atoms in total. The summed E-state index contributed by atoms with van der Waals surface area (Å²) in [6, 6.07) is 8.14. The molecule has 0 aliphatic heterocycles. The third kappa shape index (κ3) is 4.88. The van der Waals surface area contributed by atoms with Gasteiger partial charge >= 0.3 is 0 Å². The first-order valence-corrected chi connectivity index (χ1v) is 6.52. The van der Waals surface area contributed by atoms with Gasteiger partial charge in [-0.1, -0.05) is 31.2 Å². The lowest BCUT2D eigenvalue weighted by Gasteiger charge is -2.18. The normalized spacial score (nSPS) is 12.2. The molecular weight excluding hydrogens is 226 g/mol. The van der Waals surface area contributed by atoms with E-state index in [2.05, 4.69) is 19.1 Å². The molecule has 100 valence electrons. The second kappa shape index (κ2) is 7.17. The Morgan fingerprint density at radius 3 is 2.67 bits per heavy atom. The summed E-state index contributed by atoms with van der Waals surface area (Å²) in [6.07, 6.45) is 1.69. The number of aryl methyl sites for hydroxylation is 1. The molecule has 1 N–H and O–H groups in total. The zero-order valence-electron chi connectivity index (χ0n) is 11.5. The van der Waals surface area contributed by atoms with Gasteiger partial charge in [0.1, 0.15) is 0 Å². The van der Waals surface area contributed by atoms with Crippen molar-refractivity contribution in [3.05, 3.63) is 35.4 Å². The molecule has 0 saturated carbocycles. The summed E-state index contributed by atoms with van der Waals surface area (Å²) in [7, 11) is 1.79. The molecule has 0 heterocycles. The van der Waals surface area contributed by atoms with Crippen LogP contribution in [0.3, 0.4) is 0 Å². The number of hydrogen-bond acceptors (Lipinski definition) is 2. The molecule has 0 fully saturated rings. The van der Waals surface area contributed by atoms with Crippen molar-refractivity contribution in [3.63, 3.8) is 0 Å². The highest BCUT2D eigenvalue weighted by Crippen LogP contribution is 2.08. The Kier molecular flexibility index (Phi) is 5.86. The summed E-state index contributed by atoms with van der Waals surface area (Å²) in [5.74, 6) is 0.101. The van der Waals surface area contributed by atoms with Crippen molar-refractivity contribution >= 4 is 5.91 Å². The molecule has 0 aliphatic rings. The van der Waals surface area contributed by atoms with Gasteiger partial charge in [-0.15, -0.1) is 0 Å². The molecule has 0 aromatic heterocycles. The van der Waals surface area contributed by atoms with Gasteiger partial charge in [-0.05, 0) is 30.9 Å². The fourth-order valence-electron chi connectivity index (χ4n) is 1.77. The third-order valence-electron chi connectivity index (χ3n) is 3.06. The molecule has 0 spiro atoms. The van der Waals surface area contributed by atoms with E-state index in [0.717, 1.165) is 12.0 Å². The summed E-state index contributed by atoms with van der Waals surface area (Å²) < 4.78 is 0. The van der Waals surface area contributed by atoms with Gasteiger partial charge in [0.25, 0.3) is 0 Å². The molecule has 18 heavy (non-hydrogen) atoms. The number of hydrogen-bond donors (Lipinski definition) is 1. The summed E-state index contributed by atoms with van der Waals surface area (Å²) in [5.41, 5.74) is 2.31. The van der Waals surface area contributed by atoms with Crippen LogP contribution in [0.2, 0.25) is 0 Å². The number of aliphatic hydroxyl groups is 1. The number of benzene rings is 1. The van der Waals surface area contributed by atoms with Crippen molar-refractivity contribution in [1.82, 2.24) is 4.90 Å². The van der Waals surface area contributed by atoms with E-state index in [0.29, 0.717) is 19.4 Å². The van der Waals surface area contributed by atoms with E-state index in [1.54, 1.807) is 18.9 Å². The topological polar surface area (TPSA) is 40.5 Å². The van der Waals surface area contributed by atoms with Crippen LogP contribution in [0.4, 0.5) is 0 Å². The minimum absolute atomic E-state index is 0.101. The van der Waals surface area contributed by atoms with E-state index in [1.807, 2.05) is 12.1 Å². The van der Waals surface area contributed by atoms with Gasteiger partial charge in [-0.25, -0.2) is 0 Å². The number of carbonyl (C=O) groups excluding carboxylic acids is 1. The lowest BCUT2D eigenvalue weighted by atomic mass is 10.1. The van der Waals surface area contributed by atoms with Crippen LogP contribution in [-0.4, -0.2) is 35.6 Å². The highest BCUT2D eigenvalue weighted by atomic mass is 16.3. The van der Waals surface area contributed by atoms with Crippen molar-refractivity contribution in [2.45, 2.75) is 39.2 Å². The number of amides is 1. The average molecular weight is 249 g/mol. The molecule has 1 atom stereocenters. The zero-order chi connectivity index (χ0) is 13.5. The van der Waals surface area contributed by atoms with Gasteiger partial charge in [-0.2, -0.15) is 0 Å². The predicted octanol–water partition coefficient (Wildman–Crippen LogP) is 2.02. The minimum atomic E-state index is -0.358. The summed E-state index contributed by atoms with van der Waals surface area (Å²) >= 11 is 0. The molecule has 1 amide bonds. The molecule has 0 aliphatic carbocycles. The molecule has 0 saturated heterocycles. The van der Waals surface area contributed by atoms with Crippen LogP contribution in [0.5, 0.6) is 0 Å². The highest BCUT2D eigenvalue weighted by Gasteiger charge is 2.10. The van der Waals surface area contributed by atoms with Gasteiger partial charge in [0.15, 0.2) is 0 Å². The summed E-state index contributed by atoms with van der Waals surface area (Å²) in [5, 5.41) is 9.20. The smallest absolute Gasteiger partial charge is 0.226 e. The molecule has 0 bridgehead atoms. The van der Waals surface area contributed by atoms with Gasteiger partial charge in [0, 0.05) is 13.6 Å². The molecule has 1 rings (SSSR count). The van der Waals surface area contributed by atoms with Crippen LogP contribution >= 0.6 is 0 Å². The Bertz CT molecular complexity index is 388. The number of nitrogens with zero attached hydrogens (tertiary/aromatic N) is 1. The van der Waals surface area contributed by atoms with Crippen molar-refractivity contribution in [2.24, 2.45) is 0 Å². The lowest BCUT2D eigenvalue weighted by Crippen LogP contribution is -2.30. The predicted molar refractivity (Wildman–Crippen MR) is 73.5 cm³/mol. The van der Waals surface area contributed by atoms with Gasteiger partial charge in [0.2, 0.25) is 5.91 Å². The standard InChI is InChI=1S/C15H23NO2/c1-4-13-6-5-7-14(10-13)11-15(18)16(3)9-8-12(2)17/h5-7,10,12,17H,4,8-9,11H2,1-3H3. The van der Waals surface area contributed by atoms with Crippen molar-refractivity contribution in [1.29, 1.82) is 0 Å². The fourth-order valence-corrected chi connectivity index (χ4v) is 1.77. The van der Waals surface area contributed by atoms with Crippen molar-refractivity contribution in [3.8, 4) is 0 Å². The first-order valence-electron chi connectivity index (χ1n) is 6.52. The first-order chi connectivity index (χ1) is 8.52. The van der Waals surface area contributed by atoms with Crippen molar-refractivity contribution < 1.29 is 9.90 Å². The second-order valence-electron chi connectivity index (χ2n) is 4.80. The SMILES string of the molecule is CCc1cccc(CC(=O)N(C)CCC(C)O)c1. The van der Waals surface area contributed by atoms with Crippen molar-refractivity contribution in [2.75, 3.05) is 13.6 Å². The molecule has 1 unspecified atom stereocenters. The Morgan fingerprint density at radius 2 is 2.06 bits per heavy atom. The Hall–Kier alpha value is -1.35. The minimum Gasteiger partial charge on any atom is -0.393 e. The Balaban J connectivity index is 2.52. The lowest BCUT2D eigenvalue weighted by molar-refractivity contribution is -0.129. The van der Waals surface area contributed by atoms with Crippen LogP contribution in [0.25, 0.3) is 0 Å². The van der Waals surface area contributed by atoms with E-state index < -0.39 is 0 Å². The van der Waals surface area contributed by atoms with Gasteiger partial charge < -0.3 is 10.0 Å². The van der Waals surface area contributed by atoms with E-state index >= 15 is 0 Å². The van der Waals surface area contributed by atoms with Gasteiger partial charge in [-0.3, -0.25) is 4.79 Å². The van der Waals surface area contributed by atoms with Crippen LogP contribution in [0.1, 0.15) is 31.4 Å². The fraction of sp³-hybridized carbons (Fsp3) is 0.533. The Labute approximate surface area is 109 Å². The van der Waals surface area contributed by atoms with Crippen LogP contribution in [0.15, 0.2) is 24.3 Å².